The summed E-state index contributed by atoms with van der Waals surface area (Å²) in [5.41, 5.74) is 1.09. The lowest BCUT2D eigenvalue weighted by molar-refractivity contribution is -0.736. The maximum atomic E-state index is 12.7. The average Bonchev–Trinajstić information content (AvgIpc) is 3.47. The van der Waals surface area contributed by atoms with Crippen LogP contribution in [0.1, 0.15) is 18.6 Å². The lowest BCUT2D eigenvalue weighted by Gasteiger charge is -2.18. The van der Waals surface area contributed by atoms with Gasteiger partial charge in [-0.15, -0.1) is 0 Å². The second-order valence-corrected chi connectivity index (χ2v) is 8.30. The highest BCUT2D eigenvalue weighted by atomic mass is 32.2. The van der Waals surface area contributed by atoms with Crippen LogP contribution in [0.3, 0.4) is 0 Å². The molecule has 1 unspecified atom stereocenters. The van der Waals surface area contributed by atoms with Crippen molar-refractivity contribution in [1.82, 2.24) is 4.90 Å². The second kappa shape index (κ2) is 8.48. The van der Waals surface area contributed by atoms with E-state index in [-0.39, 0.29) is 12.0 Å². The third kappa shape index (κ3) is 4.26. The predicted octanol–water partition coefficient (Wildman–Crippen LogP) is 4.30. The minimum atomic E-state index is -0.127. The maximum Gasteiger partial charge on any atom is 0.317 e. The summed E-state index contributed by atoms with van der Waals surface area (Å²) in [6.07, 6.45) is 3.70. The van der Waals surface area contributed by atoms with E-state index in [0.29, 0.717) is 37.9 Å². The first-order chi connectivity index (χ1) is 14.0. The number of rotatable bonds is 6. The van der Waals surface area contributed by atoms with E-state index < -0.39 is 0 Å². The normalized spacial score (nSPS) is 20.7. The van der Waals surface area contributed by atoms with Crippen molar-refractivity contribution in [2.24, 2.45) is 0 Å². The zero-order valence-corrected chi connectivity index (χ0v) is 17.3. The van der Waals surface area contributed by atoms with Gasteiger partial charge in [-0.3, -0.25) is 9.69 Å². The predicted molar refractivity (Wildman–Crippen MR) is 113 cm³/mol. The number of amides is 1. The van der Waals surface area contributed by atoms with Crippen molar-refractivity contribution in [2.75, 3.05) is 20.3 Å². The fourth-order valence-corrected chi connectivity index (χ4v) is 4.50. The summed E-state index contributed by atoms with van der Waals surface area (Å²) < 4.78 is 12.0. The third-order valence-corrected chi connectivity index (χ3v) is 6.07. The van der Waals surface area contributed by atoms with Gasteiger partial charge in [-0.2, -0.15) is 0 Å². The van der Waals surface area contributed by atoms with E-state index in [0.717, 1.165) is 25.0 Å². The molecule has 0 saturated carbocycles. The Labute approximate surface area is 177 Å². The number of thiocarbonyl (C=S) groups is 1. The lowest BCUT2D eigenvalue weighted by atomic mass is 10.1. The van der Waals surface area contributed by atoms with Crippen LogP contribution in [0.15, 0.2) is 45.7 Å². The molecule has 1 aromatic heterocycles. The molecule has 3 heterocycles. The Morgan fingerprint density at radius 3 is 3.00 bits per heavy atom. The third-order valence-electron chi connectivity index (χ3n) is 4.69. The van der Waals surface area contributed by atoms with E-state index in [4.69, 9.17) is 21.4 Å². The van der Waals surface area contributed by atoms with Gasteiger partial charge in [0.25, 0.3) is 10.8 Å². The molecule has 9 heteroatoms. The summed E-state index contributed by atoms with van der Waals surface area (Å²) in [5, 5.41) is 0. The number of thioether (sulfide) groups is 1. The van der Waals surface area contributed by atoms with Crippen LogP contribution in [0.2, 0.25) is 0 Å². The van der Waals surface area contributed by atoms with E-state index in [2.05, 4.69) is 4.84 Å². The zero-order chi connectivity index (χ0) is 20.4. The van der Waals surface area contributed by atoms with Crippen LogP contribution in [0.25, 0.3) is 17.4 Å². The number of hydrogen-bond acceptors (Lipinski definition) is 7. The van der Waals surface area contributed by atoms with Gasteiger partial charge in [0.15, 0.2) is 7.11 Å². The maximum absolute atomic E-state index is 12.7. The molecule has 150 valence electrons. The largest absolute Gasteiger partial charge is 0.457 e. The molecule has 0 N–H and O–H groups in total. The molecule has 2 aliphatic rings. The molecule has 0 aliphatic carbocycles. The average molecular weight is 432 g/mol. The summed E-state index contributed by atoms with van der Waals surface area (Å²) in [6, 6.07) is 10.5. The summed E-state index contributed by atoms with van der Waals surface area (Å²) in [6.45, 7) is 1.23. The smallest absolute Gasteiger partial charge is 0.317 e. The molecule has 0 bridgehead atoms. The first-order valence-electron chi connectivity index (χ1n) is 9.14. The second-order valence-electron chi connectivity index (χ2n) is 6.62. The molecule has 2 aliphatic heterocycles. The van der Waals surface area contributed by atoms with Crippen molar-refractivity contribution in [1.29, 1.82) is 0 Å². The molecule has 4 rings (SSSR count). The van der Waals surface area contributed by atoms with E-state index >= 15 is 0 Å². The van der Waals surface area contributed by atoms with Crippen LogP contribution in [-0.2, 0) is 14.4 Å². The lowest BCUT2D eigenvalue weighted by Crippen LogP contribution is -2.35. The van der Waals surface area contributed by atoms with Gasteiger partial charge >= 0.3 is 5.69 Å². The number of carbonyl (C=O) groups excluding carboxylic acids is 1. The van der Waals surface area contributed by atoms with Crippen LogP contribution in [0, 0.1) is 4.91 Å². The number of carbonyl (C=O) groups is 1. The summed E-state index contributed by atoms with van der Waals surface area (Å²) in [5.74, 6) is 0.990. The molecule has 0 radical (unpaired) electrons. The highest BCUT2D eigenvalue weighted by Crippen LogP contribution is 2.34. The van der Waals surface area contributed by atoms with Crippen molar-refractivity contribution < 1.29 is 23.7 Å². The number of ether oxygens (including phenoxy) is 1. The van der Waals surface area contributed by atoms with E-state index in [9.17, 15) is 9.70 Å². The fourth-order valence-electron chi connectivity index (χ4n) is 3.24. The van der Waals surface area contributed by atoms with Crippen molar-refractivity contribution in [2.45, 2.75) is 18.9 Å². The van der Waals surface area contributed by atoms with E-state index in [1.165, 1.54) is 18.9 Å². The molecular formula is C20H19N2O5S2+. The van der Waals surface area contributed by atoms with E-state index in [1.807, 2.05) is 6.07 Å². The molecule has 29 heavy (non-hydrogen) atoms. The van der Waals surface area contributed by atoms with Gasteiger partial charge in [0.1, 0.15) is 15.8 Å². The summed E-state index contributed by atoms with van der Waals surface area (Å²) >= 11 is 6.64. The monoisotopic (exact) mass is 431 g/mol. The molecule has 2 fully saturated rings. The number of nitrogens with zero attached hydrogens (tertiary/aromatic N) is 2. The highest BCUT2D eigenvalue weighted by molar-refractivity contribution is 8.26. The SMILES string of the molecule is CO[N+](=O)c1cccc(-c2ccc(/C=C3\SC(=S)N(CC4CCCO4)C3=O)o2)c1. The Morgan fingerprint density at radius 2 is 2.24 bits per heavy atom. The van der Waals surface area contributed by atoms with Crippen LogP contribution < -0.4 is 0 Å². The van der Waals surface area contributed by atoms with Crippen LogP contribution in [0.4, 0.5) is 5.69 Å². The van der Waals surface area contributed by atoms with Crippen LogP contribution >= 0.6 is 24.0 Å². The number of furan rings is 1. The molecule has 2 saturated heterocycles. The molecule has 1 amide bonds. The van der Waals surface area contributed by atoms with Gasteiger partial charge in [-0.25, -0.2) is 4.84 Å². The Morgan fingerprint density at radius 1 is 1.38 bits per heavy atom. The first-order valence-corrected chi connectivity index (χ1v) is 10.4. The Kier molecular flexibility index (Phi) is 5.79. The van der Waals surface area contributed by atoms with Crippen LogP contribution in [-0.4, -0.2) is 46.4 Å². The molecule has 1 aromatic carbocycles. The fraction of sp³-hybridized carbons (Fsp3) is 0.300. The van der Waals surface area contributed by atoms with Crippen molar-refractivity contribution in [3.05, 3.63) is 52.0 Å². The molecular weight excluding hydrogens is 412 g/mol. The first kappa shape index (κ1) is 19.8. The Hall–Kier alpha value is -2.49. The zero-order valence-electron chi connectivity index (χ0n) is 15.7. The Bertz CT molecular complexity index is 994. The Balaban J connectivity index is 1.51. The summed E-state index contributed by atoms with van der Waals surface area (Å²) in [4.78, 5) is 31.6. The molecule has 7 nitrogen and oxygen atoms in total. The molecule has 2 aromatic rings. The van der Waals surface area contributed by atoms with Gasteiger partial charge in [0.05, 0.1) is 22.5 Å². The number of benzene rings is 1. The minimum Gasteiger partial charge on any atom is -0.457 e. The number of hydrogen-bond donors (Lipinski definition) is 0. The van der Waals surface area contributed by atoms with Gasteiger partial charge in [0, 0.05) is 30.4 Å². The van der Waals surface area contributed by atoms with Crippen molar-refractivity contribution in [3.8, 4) is 11.3 Å². The highest BCUT2D eigenvalue weighted by Gasteiger charge is 2.34. The molecule has 0 spiro atoms. The van der Waals surface area contributed by atoms with Crippen molar-refractivity contribution in [3.63, 3.8) is 0 Å². The minimum absolute atomic E-state index is 0.0482. The van der Waals surface area contributed by atoms with Crippen LogP contribution in [0.5, 0.6) is 0 Å². The van der Waals surface area contributed by atoms with Gasteiger partial charge < -0.3 is 9.15 Å². The summed E-state index contributed by atoms with van der Waals surface area (Å²) in [7, 11) is 1.31. The van der Waals surface area contributed by atoms with E-state index in [1.54, 1.807) is 41.3 Å². The van der Waals surface area contributed by atoms with Gasteiger partial charge in [0.2, 0.25) is 0 Å². The molecule has 1 atom stereocenters. The quantitative estimate of drug-likeness (QED) is 0.384. The van der Waals surface area contributed by atoms with Gasteiger partial charge in [-0.1, -0.05) is 36.1 Å². The standard InChI is InChI=1S/C20H19N2O5S2/c1-25-22(24)14-5-2-4-13(10-14)17-8-7-15(27-17)11-18-19(23)21(20(28)29-18)12-16-6-3-9-26-16/h2,4-5,7-8,10-11,16H,3,6,9,12H2,1H3/q+1/b18-11-. The van der Waals surface area contributed by atoms with Crippen molar-refractivity contribution >= 4 is 46.0 Å². The topological polar surface area (TPSA) is 72.0 Å². The van der Waals surface area contributed by atoms with Gasteiger partial charge in [-0.05, 0) is 25.0 Å².